The SMILES string of the molecule is NC(=S)N=Nc1ccc(Cl)c(Cl)c1. The number of rotatable bonds is 1. The number of thiocarbonyl (C=S) groups is 1. The molecule has 0 aliphatic carbocycles. The summed E-state index contributed by atoms with van der Waals surface area (Å²) in [6, 6.07) is 4.86. The lowest BCUT2D eigenvalue weighted by Gasteiger charge is -1.95. The summed E-state index contributed by atoms with van der Waals surface area (Å²) < 4.78 is 0. The van der Waals surface area contributed by atoms with Gasteiger partial charge in [-0.3, -0.25) is 0 Å². The van der Waals surface area contributed by atoms with Crippen LogP contribution in [0.5, 0.6) is 0 Å². The number of benzene rings is 1. The van der Waals surface area contributed by atoms with Crippen molar-refractivity contribution in [3.05, 3.63) is 28.2 Å². The van der Waals surface area contributed by atoms with Gasteiger partial charge in [0, 0.05) is 0 Å². The first-order valence-corrected chi connectivity index (χ1v) is 4.42. The van der Waals surface area contributed by atoms with Crippen LogP contribution in [0.1, 0.15) is 0 Å². The molecule has 0 unspecified atom stereocenters. The molecule has 3 nitrogen and oxygen atoms in total. The van der Waals surface area contributed by atoms with Crippen LogP contribution in [0, 0.1) is 0 Å². The van der Waals surface area contributed by atoms with E-state index in [0.717, 1.165) is 0 Å². The van der Waals surface area contributed by atoms with Gasteiger partial charge in [-0.25, -0.2) is 0 Å². The van der Waals surface area contributed by atoms with E-state index in [1.807, 2.05) is 0 Å². The topological polar surface area (TPSA) is 50.7 Å². The molecule has 68 valence electrons. The van der Waals surface area contributed by atoms with Crippen LogP contribution in [-0.2, 0) is 0 Å². The second-order valence-corrected chi connectivity index (χ2v) is 3.37. The van der Waals surface area contributed by atoms with Crippen molar-refractivity contribution in [1.82, 2.24) is 0 Å². The third kappa shape index (κ3) is 3.26. The van der Waals surface area contributed by atoms with Crippen molar-refractivity contribution in [1.29, 1.82) is 0 Å². The number of hydrogen-bond donors (Lipinski definition) is 1. The minimum absolute atomic E-state index is 0.0222. The van der Waals surface area contributed by atoms with Crippen LogP contribution in [-0.4, -0.2) is 5.11 Å². The van der Waals surface area contributed by atoms with Crippen LogP contribution < -0.4 is 5.73 Å². The van der Waals surface area contributed by atoms with E-state index in [-0.39, 0.29) is 5.11 Å². The summed E-state index contributed by atoms with van der Waals surface area (Å²) >= 11 is 15.9. The molecule has 0 spiro atoms. The normalized spacial score (nSPS) is 10.6. The lowest BCUT2D eigenvalue weighted by atomic mass is 10.3. The summed E-state index contributed by atoms with van der Waals surface area (Å²) in [6.45, 7) is 0. The van der Waals surface area contributed by atoms with Gasteiger partial charge in [0.15, 0.2) is 0 Å². The summed E-state index contributed by atoms with van der Waals surface area (Å²) in [7, 11) is 0. The van der Waals surface area contributed by atoms with E-state index in [4.69, 9.17) is 28.9 Å². The molecule has 0 saturated carbocycles. The first-order valence-electron chi connectivity index (χ1n) is 3.26. The Balaban J connectivity index is 2.92. The van der Waals surface area contributed by atoms with Gasteiger partial charge in [0.1, 0.15) is 0 Å². The van der Waals surface area contributed by atoms with Gasteiger partial charge in [-0.15, -0.1) is 10.2 Å². The van der Waals surface area contributed by atoms with Gasteiger partial charge in [-0.1, -0.05) is 23.2 Å². The van der Waals surface area contributed by atoms with Crippen molar-refractivity contribution in [2.45, 2.75) is 0 Å². The molecular formula is C7H5Cl2N3S. The third-order valence-corrected chi connectivity index (χ3v) is 1.99. The largest absolute Gasteiger partial charge is 0.373 e. The van der Waals surface area contributed by atoms with Crippen LogP contribution in [0.3, 0.4) is 0 Å². The zero-order valence-corrected chi connectivity index (χ0v) is 8.70. The summed E-state index contributed by atoms with van der Waals surface area (Å²) in [5, 5.41) is 8.09. The summed E-state index contributed by atoms with van der Waals surface area (Å²) in [5.74, 6) is 0. The van der Waals surface area contributed by atoms with Crippen molar-refractivity contribution in [3.63, 3.8) is 0 Å². The van der Waals surface area contributed by atoms with E-state index >= 15 is 0 Å². The van der Waals surface area contributed by atoms with Crippen LogP contribution in [0.2, 0.25) is 10.0 Å². The van der Waals surface area contributed by atoms with E-state index in [2.05, 4.69) is 22.4 Å². The number of nitrogens with zero attached hydrogens (tertiary/aromatic N) is 2. The molecule has 2 N–H and O–H groups in total. The molecule has 6 heteroatoms. The summed E-state index contributed by atoms with van der Waals surface area (Å²) in [6.07, 6.45) is 0. The molecule has 0 heterocycles. The lowest BCUT2D eigenvalue weighted by Crippen LogP contribution is -2.01. The molecule has 0 aliphatic rings. The third-order valence-electron chi connectivity index (χ3n) is 1.17. The van der Waals surface area contributed by atoms with Crippen LogP contribution in [0.15, 0.2) is 28.4 Å². The maximum Gasteiger partial charge on any atom is 0.211 e. The minimum atomic E-state index is -0.0222. The zero-order chi connectivity index (χ0) is 9.84. The Hall–Kier alpha value is -0.710. The van der Waals surface area contributed by atoms with Gasteiger partial charge in [-0.05, 0) is 30.4 Å². The van der Waals surface area contributed by atoms with Crippen molar-refractivity contribution in [2.75, 3.05) is 0 Å². The van der Waals surface area contributed by atoms with E-state index in [9.17, 15) is 0 Å². The zero-order valence-electron chi connectivity index (χ0n) is 6.37. The van der Waals surface area contributed by atoms with Gasteiger partial charge in [0.05, 0.1) is 15.7 Å². The molecule has 1 aromatic carbocycles. The predicted octanol–water partition coefficient (Wildman–Crippen LogP) is 3.32. The van der Waals surface area contributed by atoms with Crippen molar-refractivity contribution >= 4 is 46.2 Å². The fourth-order valence-electron chi connectivity index (χ4n) is 0.654. The Bertz CT molecular complexity index is 365. The highest BCUT2D eigenvalue weighted by molar-refractivity contribution is 7.80. The second-order valence-electron chi connectivity index (χ2n) is 2.14. The quantitative estimate of drug-likeness (QED) is 0.598. The minimum Gasteiger partial charge on any atom is -0.373 e. The highest BCUT2D eigenvalue weighted by atomic mass is 35.5. The smallest absolute Gasteiger partial charge is 0.211 e. The fourth-order valence-corrected chi connectivity index (χ4v) is 0.987. The van der Waals surface area contributed by atoms with E-state index in [1.54, 1.807) is 18.2 Å². The average molecular weight is 234 g/mol. The van der Waals surface area contributed by atoms with Crippen molar-refractivity contribution in [3.8, 4) is 0 Å². The monoisotopic (exact) mass is 233 g/mol. The van der Waals surface area contributed by atoms with Crippen LogP contribution in [0.25, 0.3) is 0 Å². The molecule has 0 radical (unpaired) electrons. The maximum absolute atomic E-state index is 5.73. The number of halogens is 2. The lowest BCUT2D eigenvalue weighted by molar-refractivity contribution is 1.27. The second kappa shape index (κ2) is 4.50. The molecule has 1 aromatic rings. The molecule has 0 aliphatic heterocycles. The van der Waals surface area contributed by atoms with Crippen molar-refractivity contribution < 1.29 is 0 Å². The highest BCUT2D eigenvalue weighted by Gasteiger charge is 1.97. The highest BCUT2D eigenvalue weighted by Crippen LogP contribution is 2.26. The van der Waals surface area contributed by atoms with Gasteiger partial charge < -0.3 is 5.73 Å². The molecule has 13 heavy (non-hydrogen) atoms. The standard InChI is InChI=1S/C7H5Cl2N3S/c8-5-2-1-4(3-6(5)9)11-12-7(10)13/h1-3H,(H2,10,13). The Kier molecular flexibility index (Phi) is 3.59. The van der Waals surface area contributed by atoms with Crippen LogP contribution in [0.4, 0.5) is 5.69 Å². The summed E-state index contributed by atoms with van der Waals surface area (Å²) in [4.78, 5) is 0. The van der Waals surface area contributed by atoms with Crippen LogP contribution >= 0.6 is 35.4 Å². The summed E-state index contributed by atoms with van der Waals surface area (Å²) in [5.41, 5.74) is 5.68. The molecule has 0 fully saturated rings. The predicted molar refractivity (Wildman–Crippen MR) is 57.8 cm³/mol. The van der Waals surface area contributed by atoms with E-state index in [0.29, 0.717) is 15.7 Å². The molecule has 0 amide bonds. The van der Waals surface area contributed by atoms with Gasteiger partial charge in [0.2, 0.25) is 5.11 Å². The number of hydrogen-bond acceptors (Lipinski definition) is 2. The Labute approximate surface area is 90.5 Å². The molecule has 0 aromatic heterocycles. The van der Waals surface area contributed by atoms with E-state index in [1.165, 1.54) is 0 Å². The Morgan fingerprint density at radius 1 is 1.31 bits per heavy atom. The van der Waals surface area contributed by atoms with Gasteiger partial charge in [-0.2, -0.15) is 0 Å². The Morgan fingerprint density at radius 3 is 2.54 bits per heavy atom. The van der Waals surface area contributed by atoms with Gasteiger partial charge in [0.25, 0.3) is 0 Å². The number of nitrogens with two attached hydrogens (primary N) is 1. The maximum atomic E-state index is 5.73. The van der Waals surface area contributed by atoms with E-state index < -0.39 is 0 Å². The molecule has 0 bridgehead atoms. The molecule has 0 saturated heterocycles. The molecular weight excluding hydrogens is 229 g/mol. The Morgan fingerprint density at radius 2 is 2.00 bits per heavy atom. The fraction of sp³-hybridized carbons (Fsp3) is 0. The first-order chi connectivity index (χ1) is 6.09. The molecule has 0 atom stereocenters. The first kappa shape index (κ1) is 10.4. The van der Waals surface area contributed by atoms with Crippen molar-refractivity contribution in [2.24, 2.45) is 16.0 Å². The number of azo groups is 1. The molecule has 1 rings (SSSR count). The average Bonchev–Trinajstić information content (AvgIpc) is 2.07. The van der Waals surface area contributed by atoms with Gasteiger partial charge >= 0.3 is 0 Å².